The highest BCUT2D eigenvalue weighted by Crippen LogP contribution is 2.25. The van der Waals surface area contributed by atoms with Crippen LogP contribution < -0.4 is 9.47 Å². The fourth-order valence-electron chi connectivity index (χ4n) is 1.68. The first kappa shape index (κ1) is 17.2. The van der Waals surface area contributed by atoms with Gasteiger partial charge in [0.2, 0.25) is 0 Å². The van der Waals surface area contributed by atoms with Crippen LogP contribution >= 0.6 is 0 Å². The molecule has 1 aromatic carbocycles. The van der Waals surface area contributed by atoms with Gasteiger partial charge in [0, 0.05) is 11.8 Å². The summed E-state index contributed by atoms with van der Waals surface area (Å²) in [6.45, 7) is 0.766. The zero-order valence-corrected chi connectivity index (χ0v) is 12.5. The van der Waals surface area contributed by atoms with E-state index >= 15 is 0 Å². The molecule has 1 unspecified atom stereocenters. The average Bonchev–Trinajstić information content (AvgIpc) is 2.52. The molecule has 1 N–H and O–H groups in total. The van der Waals surface area contributed by atoms with Gasteiger partial charge < -0.3 is 19.6 Å². The number of carbonyl (C=O) groups is 2. The fourth-order valence-corrected chi connectivity index (χ4v) is 1.68. The van der Waals surface area contributed by atoms with E-state index < -0.39 is 24.3 Å². The van der Waals surface area contributed by atoms with Gasteiger partial charge in [0.15, 0.2) is 12.4 Å². The van der Waals surface area contributed by atoms with Gasteiger partial charge in [-0.15, -0.1) is 0 Å². The van der Waals surface area contributed by atoms with E-state index in [1.807, 2.05) is 0 Å². The summed E-state index contributed by atoms with van der Waals surface area (Å²) in [5.74, 6) is -1.85. The van der Waals surface area contributed by atoms with Crippen molar-refractivity contribution in [3.05, 3.63) is 23.8 Å². The Morgan fingerprint density at radius 3 is 2.50 bits per heavy atom. The first-order valence-corrected chi connectivity index (χ1v) is 6.31. The standard InChI is InChI=1S/C15H16N2O5/c1-9(17)12(7-16)13(18)8-22-15(19)11-5-4-10(20-2)6-14(11)21-3/h4-6,12,17H,8H2,1-3H3. The van der Waals surface area contributed by atoms with Crippen molar-refractivity contribution in [3.8, 4) is 17.6 Å². The molecule has 0 aliphatic carbocycles. The second-order valence-corrected chi connectivity index (χ2v) is 4.35. The van der Waals surface area contributed by atoms with E-state index in [-0.39, 0.29) is 17.0 Å². The molecule has 1 rings (SSSR count). The molecule has 0 bridgehead atoms. The Hall–Kier alpha value is -2.88. The number of ether oxygens (including phenoxy) is 3. The van der Waals surface area contributed by atoms with Crippen LogP contribution in [0.1, 0.15) is 17.3 Å². The Labute approximate surface area is 127 Å². The molecular formula is C15H16N2O5. The quantitative estimate of drug-likeness (QED) is 0.605. The van der Waals surface area contributed by atoms with Crippen LogP contribution in [0.2, 0.25) is 0 Å². The topological polar surface area (TPSA) is 109 Å². The number of methoxy groups -OCH3 is 2. The SMILES string of the molecule is COc1ccc(C(=O)OCC(=O)C(C#N)C(C)=N)c(OC)c1. The maximum absolute atomic E-state index is 12.0. The molecule has 1 aromatic rings. The molecule has 0 aliphatic rings. The normalized spacial score (nSPS) is 11.0. The van der Waals surface area contributed by atoms with Crippen molar-refractivity contribution in [2.75, 3.05) is 20.8 Å². The highest BCUT2D eigenvalue weighted by molar-refractivity contribution is 6.06. The monoisotopic (exact) mass is 304 g/mol. The molecule has 0 amide bonds. The van der Waals surface area contributed by atoms with E-state index in [0.29, 0.717) is 5.75 Å². The summed E-state index contributed by atoms with van der Waals surface area (Å²) in [6.07, 6.45) is 0. The molecule has 1 atom stereocenters. The minimum absolute atomic E-state index is 0.0921. The Kier molecular flexibility index (Phi) is 6.08. The zero-order chi connectivity index (χ0) is 16.7. The van der Waals surface area contributed by atoms with Gasteiger partial charge in [-0.2, -0.15) is 5.26 Å². The number of benzene rings is 1. The van der Waals surface area contributed by atoms with Crippen LogP contribution in [0.25, 0.3) is 0 Å². The first-order valence-electron chi connectivity index (χ1n) is 6.31. The van der Waals surface area contributed by atoms with E-state index in [1.165, 1.54) is 33.3 Å². The maximum Gasteiger partial charge on any atom is 0.342 e. The van der Waals surface area contributed by atoms with Crippen LogP contribution in [0.4, 0.5) is 0 Å². The minimum atomic E-state index is -1.20. The van der Waals surface area contributed by atoms with Crippen molar-refractivity contribution >= 4 is 17.5 Å². The molecule has 0 spiro atoms. The molecule has 0 heterocycles. The predicted octanol–water partition coefficient (Wildman–Crippen LogP) is 1.61. The van der Waals surface area contributed by atoms with Crippen molar-refractivity contribution in [2.24, 2.45) is 5.92 Å². The third-order valence-electron chi connectivity index (χ3n) is 2.86. The average molecular weight is 304 g/mol. The largest absolute Gasteiger partial charge is 0.497 e. The van der Waals surface area contributed by atoms with E-state index in [0.717, 1.165) is 0 Å². The zero-order valence-electron chi connectivity index (χ0n) is 12.5. The van der Waals surface area contributed by atoms with Gasteiger partial charge >= 0.3 is 5.97 Å². The van der Waals surface area contributed by atoms with Crippen LogP contribution in [0, 0.1) is 22.7 Å². The van der Waals surface area contributed by atoms with Gasteiger partial charge in [-0.05, 0) is 19.1 Å². The first-order chi connectivity index (χ1) is 10.4. The van der Waals surface area contributed by atoms with Gasteiger partial charge in [0.25, 0.3) is 0 Å². The number of Topliss-reactive ketones (excluding diaryl/α,β-unsaturated/α-hetero) is 1. The summed E-state index contributed by atoms with van der Waals surface area (Å²) in [5, 5.41) is 16.1. The van der Waals surface area contributed by atoms with E-state index in [1.54, 1.807) is 12.1 Å². The third-order valence-corrected chi connectivity index (χ3v) is 2.86. The molecule has 0 aliphatic heterocycles. The van der Waals surface area contributed by atoms with Crippen LogP contribution in [-0.4, -0.2) is 38.3 Å². The molecule has 0 saturated heterocycles. The highest BCUT2D eigenvalue weighted by Gasteiger charge is 2.23. The smallest absolute Gasteiger partial charge is 0.342 e. The van der Waals surface area contributed by atoms with Gasteiger partial charge in [-0.3, -0.25) is 4.79 Å². The number of rotatable bonds is 7. The van der Waals surface area contributed by atoms with Crippen molar-refractivity contribution < 1.29 is 23.8 Å². The number of esters is 1. The Morgan fingerprint density at radius 1 is 1.32 bits per heavy atom. The number of carbonyl (C=O) groups excluding carboxylic acids is 2. The molecule has 0 saturated carbocycles. The van der Waals surface area contributed by atoms with E-state index in [4.69, 9.17) is 24.9 Å². The van der Waals surface area contributed by atoms with E-state index in [9.17, 15) is 9.59 Å². The third kappa shape index (κ3) is 4.06. The van der Waals surface area contributed by atoms with Crippen LogP contribution in [0.5, 0.6) is 11.5 Å². The molecule has 0 aromatic heterocycles. The molecule has 7 heteroatoms. The van der Waals surface area contributed by atoms with Crippen molar-refractivity contribution in [3.63, 3.8) is 0 Å². The second kappa shape index (κ2) is 7.78. The minimum Gasteiger partial charge on any atom is -0.497 e. The number of nitrogens with zero attached hydrogens (tertiary/aromatic N) is 1. The predicted molar refractivity (Wildman–Crippen MR) is 77.3 cm³/mol. The maximum atomic E-state index is 12.0. The number of ketones is 1. The Bertz CT molecular complexity index is 633. The molecule has 0 radical (unpaired) electrons. The van der Waals surface area contributed by atoms with Crippen molar-refractivity contribution in [2.45, 2.75) is 6.92 Å². The molecule has 116 valence electrons. The van der Waals surface area contributed by atoms with Gasteiger partial charge in [0.05, 0.1) is 20.3 Å². The fraction of sp³-hybridized carbons (Fsp3) is 0.333. The second-order valence-electron chi connectivity index (χ2n) is 4.35. The molecular weight excluding hydrogens is 288 g/mol. The highest BCUT2D eigenvalue weighted by atomic mass is 16.5. The van der Waals surface area contributed by atoms with Gasteiger partial charge in [-0.1, -0.05) is 0 Å². The Morgan fingerprint density at radius 2 is 2.00 bits per heavy atom. The number of hydrogen-bond acceptors (Lipinski definition) is 7. The lowest BCUT2D eigenvalue weighted by atomic mass is 10.0. The van der Waals surface area contributed by atoms with Crippen LogP contribution in [0.3, 0.4) is 0 Å². The van der Waals surface area contributed by atoms with Crippen molar-refractivity contribution in [1.29, 1.82) is 10.7 Å². The van der Waals surface area contributed by atoms with Gasteiger partial charge in [-0.25, -0.2) is 4.79 Å². The molecule has 0 fully saturated rings. The summed E-state index contributed by atoms with van der Waals surface area (Å²) in [7, 11) is 2.87. The summed E-state index contributed by atoms with van der Waals surface area (Å²) < 4.78 is 15.0. The lowest BCUT2D eigenvalue weighted by molar-refractivity contribution is -0.122. The summed E-state index contributed by atoms with van der Waals surface area (Å²) in [4.78, 5) is 23.7. The van der Waals surface area contributed by atoms with Gasteiger partial charge in [0.1, 0.15) is 23.0 Å². The number of nitriles is 1. The summed E-state index contributed by atoms with van der Waals surface area (Å²) in [6, 6.07) is 6.22. The van der Waals surface area contributed by atoms with E-state index in [2.05, 4.69) is 0 Å². The molecule has 22 heavy (non-hydrogen) atoms. The molecule has 7 nitrogen and oxygen atoms in total. The number of nitrogens with one attached hydrogen (secondary N) is 1. The Balaban J connectivity index is 2.80. The summed E-state index contributed by atoms with van der Waals surface area (Å²) in [5.41, 5.74) is 0.0433. The lowest BCUT2D eigenvalue weighted by Gasteiger charge is -2.11. The summed E-state index contributed by atoms with van der Waals surface area (Å²) >= 11 is 0. The number of hydrogen-bond donors (Lipinski definition) is 1. The van der Waals surface area contributed by atoms with Crippen LogP contribution in [0.15, 0.2) is 18.2 Å². The van der Waals surface area contributed by atoms with Crippen molar-refractivity contribution in [1.82, 2.24) is 0 Å². The van der Waals surface area contributed by atoms with Crippen LogP contribution in [-0.2, 0) is 9.53 Å². The lowest BCUT2D eigenvalue weighted by Crippen LogP contribution is -2.25.